The maximum absolute atomic E-state index is 13.1. The molecule has 0 spiro atoms. The number of carbonyl (C=O) groups excluding carboxylic acids is 2. The summed E-state index contributed by atoms with van der Waals surface area (Å²) in [5.74, 6) is -0.491. The zero-order valence-corrected chi connectivity index (χ0v) is 14.6. The van der Waals surface area contributed by atoms with Gasteiger partial charge in [0.1, 0.15) is 5.54 Å². The van der Waals surface area contributed by atoms with Gasteiger partial charge in [0.15, 0.2) is 0 Å². The number of amides is 1. The average Bonchev–Trinajstić information content (AvgIpc) is 2.84. The van der Waals surface area contributed by atoms with E-state index in [4.69, 9.17) is 10.5 Å². The Bertz CT molecular complexity index is 610. The van der Waals surface area contributed by atoms with E-state index in [-0.39, 0.29) is 11.9 Å². The molecule has 1 aliphatic heterocycles. The molecule has 23 heavy (non-hydrogen) atoms. The first-order chi connectivity index (χ1) is 10.6. The number of nitrogens with two attached hydrogens (primary N) is 1. The van der Waals surface area contributed by atoms with E-state index in [1.165, 1.54) is 7.11 Å². The van der Waals surface area contributed by atoms with E-state index < -0.39 is 16.5 Å². The Kier molecular flexibility index (Phi) is 4.28. The van der Waals surface area contributed by atoms with E-state index in [0.717, 1.165) is 5.56 Å². The molecule has 1 atom stereocenters. The predicted octanol–water partition coefficient (Wildman–Crippen LogP) is 2.05. The fourth-order valence-electron chi connectivity index (χ4n) is 3.12. The van der Waals surface area contributed by atoms with Crippen LogP contribution in [-0.4, -0.2) is 36.0 Å². The zero-order chi connectivity index (χ0) is 17.5. The van der Waals surface area contributed by atoms with Gasteiger partial charge in [-0.1, -0.05) is 30.3 Å². The van der Waals surface area contributed by atoms with Crippen molar-refractivity contribution in [3.05, 3.63) is 35.9 Å². The Morgan fingerprint density at radius 3 is 2.30 bits per heavy atom. The highest BCUT2D eigenvalue weighted by Crippen LogP contribution is 2.42. The van der Waals surface area contributed by atoms with Crippen LogP contribution in [0, 0.1) is 5.41 Å². The predicted molar refractivity (Wildman–Crippen MR) is 88.5 cm³/mol. The molecular formula is C18H26N2O3. The van der Waals surface area contributed by atoms with Crippen molar-refractivity contribution in [1.82, 2.24) is 4.90 Å². The third kappa shape index (κ3) is 2.53. The van der Waals surface area contributed by atoms with E-state index in [1.54, 1.807) is 18.7 Å². The number of rotatable bonds is 4. The molecule has 0 radical (unpaired) electrons. The molecule has 5 nitrogen and oxygen atoms in total. The molecule has 1 aliphatic rings. The van der Waals surface area contributed by atoms with Gasteiger partial charge in [-0.2, -0.15) is 0 Å². The van der Waals surface area contributed by atoms with Crippen LogP contribution in [0.5, 0.6) is 0 Å². The molecule has 0 aromatic heterocycles. The van der Waals surface area contributed by atoms with Crippen LogP contribution in [-0.2, 0) is 19.9 Å². The number of nitrogens with zero attached hydrogens (tertiary/aromatic N) is 1. The summed E-state index contributed by atoms with van der Waals surface area (Å²) in [4.78, 5) is 27.0. The van der Waals surface area contributed by atoms with E-state index in [0.29, 0.717) is 13.0 Å². The third-order valence-electron chi connectivity index (χ3n) is 5.55. The highest BCUT2D eigenvalue weighted by Gasteiger charge is 2.56. The smallest absolute Gasteiger partial charge is 0.313 e. The maximum Gasteiger partial charge on any atom is 0.313 e. The van der Waals surface area contributed by atoms with Crippen molar-refractivity contribution in [1.29, 1.82) is 0 Å². The van der Waals surface area contributed by atoms with Gasteiger partial charge >= 0.3 is 5.97 Å². The summed E-state index contributed by atoms with van der Waals surface area (Å²) in [6.07, 6.45) is 0.524. The minimum Gasteiger partial charge on any atom is -0.469 e. The van der Waals surface area contributed by atoms with Crippen LogP contribution in [0.4, 0.5) is 0 Å². The van der Waals surface area contributed by atoms with Crippen molar-refractivity contribution < 1.29 is 14.3 Å². The van der Waals surface area contributed by atoms with Crippen LogP contribution in [0.1, 0.15) is 39.7 Å². The van der Waals surface area contributed by atoms with Gasteiger partial charge in [-0.3, -0.25) is 9.59 Å². The van der Waals surface area contributed by atoms with Gasteiger partial charge in [-0.25, -0.2) is 0 Å². The number of carbonyl (C=O) groups is 2. The Morgan fingerprint density at radius 2 is 1.78 bits per heavy atom. The number of hydrogen-bond acceptors (Lipinski definition) is 4. The highest BCUT2D eigenvalue weighted by molar-refractivity contribution is 5.91. The van der Waals surface area contributed by atoms with Gasteiger partial charge in [0.2, 0.25) is 5.91 Å². The lowest BCUT2D eigenvalue weighted by Crippen LogP contribution is -2.60. The van der Waals surface area contributed by atoms with Crippen LogP contribution >= 0.6 is 0 Å². The first-order valence-corrected chi connectivity index (χ1v) is 7.84. The average molecular weight is 318 g/mol. The summed E-state index contributed by atoms with van der Waals surface area (Å²) in [5, 5.41) is 0. The molecule has 2 N–H and O–H groups in total. The molecule has 0 saturated carbocycles. The van der Waals surface area contributed by atoms with Gasteiger partial charge in [0.05, 0.1) is 18.1 Å². The van der Waals surface area contributed by atoms with E-state index in [9.17, 15) is 9.59 Å². The molecule has 5 heteroatoms. The van der Waals surface area contributed by atoms with Crippen molar-refractivity contribution in [2.24, 2.45) is 11.1 Å². The summed E-state index contributed by atoms with van der Waals surface area (Å²) in [6.45, 7) is 7.88. The third-order valence-corrected chi connectivity index (χ3v) is 5.55. The molecule has 0 bridgehead atoms. The summed E-state index contributed by atoms with van der Waals surface area (Å²) in [7, 11) is 1.36. The minimum atomic E-state index is -1.04. The topological polar surface area (TPSA) is 72.6 Å². The zero-order valence-electron chi connectivity index (χ0n) is 14.6. The monoisotopic (exact) mass is 318 g/mol. The number of likely N-dealkylation sites (tertiary alicyclic amines) is 1. The molecule has 1 amide bonds. The molecular weight excluding hydrogens is 292 g/mol. The summed E-state index contributed by atoms with van der Waals surface area (Å²) >= 11 is 0. The number of methoxy groups -OCH3 is 1. The first-order valence-electron chi connectivity index (χ1n) is 7.84. The fourth-order valence-corrected chi connectivity index (χ4v) is 3.12. The van der Waals surface area contributed by atoms with Crippen LogP contribution in [0.2, 0.25) is 0 Å². The Balaban J connectivity index is 2.37. The maximum atomic E-state index is 13.1. The molecule has 1 unspecified atom stereocenters. The largest absolute Gasteiger partial charge is 0.469 e. The minimum absolute atomic E-state index is 0.148. The van der Waals surface area contributed by atoms with Crippen LogP contribution in [0.3, 0.4) is 0 Å². The quantitative estimate of drug-likeness (QED) is 0.862. The van der Waals surface area contributed by atoms with Gasteiger partial charge < -0.3 is 15.4 Å². The molecule has 0 aliphatic carbocycles. The molecule has 1 heterocycles. The van der Waals surface area contributed by atoms with Crippen LogP contribution in [0.15, 0.2) is 30.3 Å². The molecule has 126 valence electrons. The lowest BCUT2D eigenvalue weighted by Gasteiger charge is -2.46. The SMILES string of the molecule is COC(=O)C(C)(C)C(C)(C)N1CCC(N)(c2ccccc2)C1=O. The van der Waals surface area contributed by atoms with E-state index >= 15 is 0 Å². The first kappa shape index (κ1) is 17.5. The molecule has 1 aromatic carbocycles. The summed E-state index contributed by atoms with van der Waals surface area (Å²) in [5.41, 5.74) is 4.66. The standard InChI is InChI=1S/C18H26N2O3/c1-16(2,15(22)23-5)17(3,4)20-12-11-18(19,14(20)21)13-9-7-6-8-10-13/h6-10H,11-12,19H2,1-5H3. The van der Waals surface area contributed by atoms with Crippen molar-refractivity contribution in [3.8, 4) is 0 Å². The second-order valence-corrected chi connectivity index (χ2v) is 7.22. The number of ether oxygens (including phenoxy) is 1. The lowest BCUT2D eigenvalue weighted by atomic mass is 9.73. The highest BCUT2D eigenvalue weighted by atomic mass is 16.5. The van der Waals surface area contributed by atoms with Gasteiger partial charge in [0, 0.05) is 6.54 Å². The number of hydrogen-bond donors (Lipinski definition) is 1. The number of esters is 1. The number of benzene rings is 1. The summed E-state index contributed by atoms with van der Waals surface area (Å²) in [6, 6.07) is 9.40. The van der Waals surface area contributed by atoms with Crippen molar-refractivity contribution in [2.75, 3.05) is 13.7 Å². The second-order valence-electron chi connectivity index (χ2n) is 7.22. The Labute approximate surface area is 137 Å². The second kappa shape index (κ2) is 5.64. The van der Waals surface area contributed by atoms with Gasteiger partial charge in [-0.15, -0.1) is 0 Å². The van der Waals surface area contributed by atoms with Gasteiger partial charge in [-0.05, 0) is 39.7 Å². The lowest BCUT2D eigenvalue weighted by molar-refractivity contribution is -0.162. The molecule has 1 saturated heterocycles. The van der Waals surface area contributed by atoms with E-state index in [1.807, 2.05) is 44.2 Å². The normalized spacial score (nSPS) is 22.3. The molecule has 1 aromatic rings. The van der Waals surface area contributed by atoms with Crippen molar-refractivity contribution in [3.63, 3.8) is 0 Å². The van der Waals surface area contributed by atoms with Crippen LogP contribution in [0.25, 0.3) is 0 Å². The fraction of sp³-hybridized carbons (Fsp3) is 0.556. The van der Waals surface area contributed by atoms with Crippen LogP contribution < -0.4 is 5.73 Å². The Morgan fingerprint density at radius 1 is 1.22 bits per heavy atom. The van der Waals surface area contributed by atoms with E-state index in [2.05, 4.69) is 0 Å². The molecule has 1 fully saturated rings. The Hall–Kier alpha value is -1.88. The van der Waals surface area contributed by atoms with Crippen molar-refractivity contribution >= 4 is 11.9 Å². The van der Waals surface area contributed by atoms with Crippen molar-refractivity contribution in [2.45, 2.75) is 45.2 Å². The van der Waals surface area contributed by atoms with Gasteiger partial charge in [0.25, 0.3) is 0 Å². The molecule has 2 rings (SSSR count). The summed E-state index contributed by atoms with van der Waals surface area (Å²) < 4.78 is 4.92.